The molecule has 0 aliphatic heterocycles. The highest BCUT2D eigenvalue weighted by Crippen LogP contribution is 2.21. The van der Waals surface area contributed by atoms with Crippen LogP contribution < -0.4 is 0 Å². The number of hydrogen-bond donors (Lipinski definition) is 0. The lowest BCUT2D eigenvalue weighted by Gasteiger charge is -2.30. The fraction of sp³-hybridized carbons (Fsp3) is 0.667. The molecule has 0 aliphatic carbocycles. The number of hydrogen-bond acceptors (Lipinski definition) is 2. The zero-order valence-corrected chi connectivity index (χ0v) is 12.2. The van der Waals surface area contributed by atoms with Crippen molar-refractivity contribution in [2.24, 2.45) is 5.41 Å². The van der Waals surface area contributed by atoms with E-state index in [0.29, 0.717) is 5.41 Å². The van der Waals surface area contributed by atoms with Crippen molar-refractivity contribution in [3.05, 3.63) is 22.4 Å². The Kier molecular flexibility index (Phi) is 5.30. The third-order valence-electron chi connectivity index (χ3n) is 2.42. The van der Waals surface area contributed by atoms with Crippen molar-refractivity contribution in [2.75, 3.05) is 18.4 Å². The number of thiophene rings is 1. The summed E-state index contributed by atoms with van der Waals surface area (Å²) in [6.07, 6.45) is 0. The van der Waals surface area contributed by atoms with Crippen molar-refractivity contribution in [2.45, 2.75) is 27.3 Å². The van der Waals surface area contributed by atoms with Gasteiger partial charge in [0.25, 0.3) is 0 Å². The highest BCUT2D eigenvalue weighted by atomic mass is 79.9. The molecule has 0 fully saturated rings. The maximum absolute atomic E-state index is 3.58. The molecular weight excluding hydrogens is 270 g/mol. The standard InChI is InChI=1S/C12H20BrNS/c1-4-14(10-12(2,3)9-13)8-11-6-5-7-15-11/h5-7H,4,8-10H2,1-3H3. The van der Waals surface area contributed by atoms with E-state index in [1.54, 1.807) is 0 Å². The van der Waals surface area contributed by atoms with E-state index in [1.165, 1.54) is 4.88 Å². The van der Waals surface area contributed by atoms with Gasteiger partial charge in [-0.25, -0.2) is 0 Å². The normalized spacial score (nSPS) is 12.3. The van der Waals surface area contributed by atoms with Gasteiger partial charge < -0.3 is 0 Å². The molecular formula is C12H20BrNS. The van der Waals surface area contributed by atoms with Crippen molar-refractivity contribution < 1.29 is 0 Å². The van der Waals surface area contributed by atoms with Crippen LogP contribution in [0.4, 0.5) is 0 Å². The first-order chi connectivity index (χ1) is 7.07. The first-order valence-electron chi connectivity index (χ1n) is 5.38. The molecule has 1 heterocycles. The summed E-state index contributed by atoms with van der Waals surface area (Å²) >= 11 is 5.43. The molecule has 3 heteroatoms. The number of halogens is 1. The average Bonchev–Trinajstić information content (AvgIpc) is 2.69. The molecule has 0 radical (unpaired) electrons. The van der Waals surface area contributed by atoms with Crippen LogP contribution in [0.2, 0.25) is 0 Å². The molecule has 0 saturated carbocycles. The van der Waals surface area contributed by atoms with Gasteiger partial charge in [0.15, 0.2) is 0 Å². The Bertz CT molecular complexity index is 269. The van der Waals surface area contributed by atoms with E-state index in [4.69, 9.17) is 0 Å². The molecule has 0 amide bonds. The summed E-state index contributed by atoms with van der Waals surface area (Å²) in [6, 6.07) is 4.35. The van der Waals surface area contributed by atoms with Gasteiger partial charge in [0.05, 0.1) is 0 Å². The van der Waals surface area contributed by atoms with Crippen LogP contribution in [-0.2, 0) is 6.54 Å². The summed E-state index contributed by atoms with van der Waals surface area (Å²) in [4.78, 5) is 3.97. The Labute approximate surface area is 106 Å². The van der Waals surface area contributed by atoms with Crippen LogP contribution in [0, 0.1) is 5.41 Å². The molecule has 0 saturated heterocycles. The average molecular weight is 290 g/mol. The molecule has 0 aromatic carbocycles. The lowest BCUT2D eigenvalue weighted by Crippen LogP contribution is -2.34. The number of rotatable bonds is 6. The first kappa shape index (κ1) is 13.2. The van der Waals surface area contributed by atoms with Crippen LogP contribution in [0.5, 0.6) is 0 Å². The van der Waals surface area contributed by atoms with Crippen molar-refractivity contribution in [3.63, 3.8) is 0 Å². The summed E-state index contributed by atoms with van der Waals surface area (Å²) in [5.41, 5.74) is 0.354. The summed E-state index contributed by atoms with van der Waals surface area (Å²) in [5.74, 6) is 0. The molecule has 0 bridgehead atoms. The predicted molar refractivity (Wildman–Crippen MR) is 72.8 cm³/mol. The van der Waals surface area contributed by atoms with Crippen LogP contribution in [0.3, 0.4) is 0 Å². The van der Waals surface area contributed by atoms with E-state index in [9.17, 15) is 0 Å². The molecule has 15 heavy (non-hydrogen) atoms. The fourth-order valence-corrected chi connectivity index (χ4v) is 2.47. The maximum Gasteiger partial charge on any atom is 0.0328 e. The van der Waals surface area contributed by atoms with Crippen LogP contribution in [0.1, 0.15) is 25.6 Å². The summed E-state index contributed by atoms with van der Waals surface area (Å²) < 4.78 is 0. The topological polar surface area (TPSA) is 3.24 Å². The third kappa shape index (κ3) is 4.66. The highest BCUT2D eigenvalue weighted by molar-refractivity contribution is 9.09. The number of alkyl halides is 1. The Hall–Kier alpha value is 0.140. The molecule has 1 aromatic rings. The first-order valence-corrected chi connectivity index (χ1v) is 7.38. The Morgan fingerprint density at radius 3 is 2.67 bits per heavy atom. The minimum absolute atomic E-state index is 0.354. The Morgan fingerprint density at radius 2 is 2.20 bits per heavy atom. The van der Waals surface area contributed by atoms with Gasteiger partial charge in [-0.3, -0.25) is 4.90 Å². The molecule has 1 aromatic heterocycles. The highest BCUT2D eigenvalue weighted by Gasteiger charge is 2.19. The third-order valence-corrected chi connectivity index (χ3v) is 4.80. The fourth-order valence-electron chi connectivity index (χ4n) is 1.55. The predicted octanol–water partition coefficient (Wildman–Crippen LogP) is 3.99. The Balaban J connectivity index is 2.50. The SMILES string of the molecule is CCN(Cc1cccs1)CC(C)(C)CBr. The molecule has 0 atom stereocenters. The van der Waals surface area contributed by atoms with Gasteiger partial charge >= 0.3 is 0 Å². The van der Waals surface area contributed by atoms with E-state index in [2.05, 4.69) is 59.1 Å². The summed E-state index contributed by atoms with van der Waals surface area (Å²) in [7, 11) is 0. The van der Waals surface area contributed by atoms with Gasteiger partial charge in [-0.2, -0.15) is 0 Å². The van der Waals surface area contributed by atoms with E-state index in [0.717, 1.165) is 25.0 Å². The van der Waals surface area contributed by atoms with Gasteiger partial charge in [-0.1, -0.05) is 42.8 Å². The second-order valence-corrected chi connectivity index (χ2v) is 6.27. The van der Waals surface area contributed by atoms with Crippen LogP contribution in [0.25, 0.3) is 0 Å². The largest absolute Gasteiger partial charge is 0.298 e. The van der Waals surface area contributed by atoms with Crippen molar-refractivity contribution in [1.82, 2.24) is 4.90 Å². The van der Waals surface area contributed by atoms with Crippen molar-refractivity contribution in [1.29, 1.82) is 0 Å². The molecule has 86 valence electrons. The lowest BCUT2D eigenvalue weighted by atomic mass is 9.96. The second-order valence-electron chi connectivity index (χ2n) is 4.68. The quantitative estimate of drug-likeness (QED) is 0.716. The van der Waals surface area contributed by atoms with Gasteiger partial charge in [0.2, 0.25) is 0 Å². The molecule has 1 rings (SSSR count). The van der Waals surface area contributed by atoms with Crippen LogP contribution in [-0.4, -0.2) is 23.3 Å². The Morgan fingerprint density at radius 1 is 1.47 bits per heavy atom. The summed E-state index contributed by atoms with van der Waals surface area (Å²) in [5, 5.41) is 3.21. The van der Waals surface area contributed by atoms with Crippen LogP contribution in [0.15, 0.2) is 17.5 Å². The van der Waals surface area contributed by atoms with Gasteiger partial charge in [0, 0.05) is 23.3 Å². The van der Waals surface area contributed by atoms with E-state index < -0.39 is 0 Å². The van der Waals surface area contributed by atoms with Crippen LogP contribution >= 0.6 is 27.3 Å². The van der Waals surface area contributed by atoms with E-state index in [1.807, 2.05) is 11.3 Å². The maximum atomic E-state index is 3.58. The smallest absolute Gasteiger partial charge is 0.0328 e. The molecule has 1 nitrogen and oxygen atoms in total. The molecule has 0 unspecified atom stereocenters. The molecule has 0 aliphatic rings. The lowest BCUT2D eigenvalue weighted by molar-refractivity contribution is 0.198. The van der Waals surface area contributed by atoms with Crippen molar-refractivity contribution in [3.8, 4) is 0 Å². The monoisotopic (exact) mass is 289 g/mol. The molecule has 0 N–H and O–H groups in total. The molecule has 0 spiro atoms. The van der Waals surface area contributed by atoms with Crippen molar-refractivity contribution >= 4 is 27.3 Å². The summed E-state index contributed by atoms with van der Waals surface area (Å²) in [6.45, 7) is 10.2. The number of nitrogens with zero attached hydrogens (tertiary/aromatic N) is 1. The van der Waals surface area contributed by atoms with Gasteiger partial charge in [0.1, 0.15) is 0 Å². The van der Waals surface area contributed by atoms with E-state index >= 15 is 0 Å². The zero-order valence-electron chi connectivity index (χ0n) is 9.79. The van der Waals surface area contributed by atoms with Gasteiger partial charge in [-0.15, -0.1) is 11.3 Å². The minimum Gasteiger partial charge on any atom is -0.298 e. The van der Waals surface area contributed by atoms with Gasteiger partial charge in [-0.05, 0) is 23.4 Å². The van der Waals surface area contributed by atoms with E-state index in [-0.39, 0.29) is 0 Å². The zero-order chi connectivity index (χ0) is 11.3. The second kappa shape index (κ2) is 6.02. The minimum atomic E-state index is 0.354.